The van der Waals surface area contributed by atoms with E-state index < -0.39 is 4.92 Å². The number of nitro groups is 1. The van der Waals surface area contributed by atoms with Crippen molar-refractivity contribution in [2.75, 3.05) is 11.9 Å². The maximum atomic E-state index is 11.7. The van der Waals surface area contributed by atoms with Crippen LogP contribution in [-0.4, -0.2) is 17.4 Å². The van der Waals surface area contributed by atoms with Gasteiger partial charge in [0.2, 0.25) is 5.91 Å². The number of hydrogen-bond acceptors (Lipinski definition) is 4. The van der Waals surface area contributed by atoms with Crippen molar-refractivity contribution in [2.45, 2.75) is 39.0 Å². The molecule has 0 bridgehead atoms. The first-order valence-electron chi connectivity index (χ1n) is 6.79. The van der Waals surface area contributed by atoms with Gasteiger partial charge in [-0.2, -0.15) is 0 Å². The van der Waals surface area contributed by atoms with E-state index in [-0.39, 0.29) is 11.6 Å². The maximum absolute atomic E-state index is 11.7. The Bertz CT molecular complexity index is 475. The highest BCUT2D eigenvalue weighted by Crippen LogP contribution is 2.21. The molecule has 0 fully saturated rings. The molecule has 0 saturated heterocycles. The molecule has 0 unspecified atom stereocenters. The fraction of sp³-hybridized carbons (Fsp3) is 0.500. The minimum absolute atomic E-state index is 0.0299. The smallest absolute Gasteiger partial charge is 0.269 e. The number of hydrogen-bond donors (Lipinski definition) is 2. The average molecular weight is 279 g/mol. The Morgan fingerprint density at radius 1 is 1.30 bits per heavy atom. The monoisotopic (exact) mass is 279 g/mol. The number of carbonyl (C=O) groups excluding carboxylic acids is 1. The van der Waals surface area contributed by atoms with Crippen LogP contribution in [0.3, 0.4) is 0 Å². The van der Waals surface area contributed by atoms with Gasteiger partial charge in [0.25, 0.3) is 5.69 Å². The SMILES string of the molecule is Cc1cc([N+](=O)[O-])ccc1NC(=O)CCCCCCN. The van der Waals surface area contributed by atoms with Crippen LogP contribution < -0.4 is 11.1 Å². The summed E-state index contributed by atoms with van der Waals surface area (Å²) in [6.45, 7) is 2.43. The van der Waals surface area contributed by atoms with Crippen LogP contribution in [0.4, 0.5) is 11.4 Å². The molecule has 20 heavy (non-hydrogen) atoms. The summed E-state index contributed by atoms with van der Waals surface area (Å²) in [5.74, 6) is -0.0605. The van der Waals surface area contributed by atoms with Crippen LogP contribution >= 0.6 is 0 Å². The van der Waals surface area contributed by atoms with E-state index in [1.807, 2.05) is 0 Å². The summed E-state index contributed by atoms with van der Waals surface area (Å²) in [5.41, 5.74) is 6.74. The number of unbranched alkanes of at least 4 members (excludes halogenated alkanes) is 3. The second-order valence-electron chi connectivity index (χ2n) is 4.76. The molecule has 1 aromatic carbocycles. The molecule has 0 aliphatic heterocycles. The molecule has 6 heteroatoms. The third kappa shape index (κ3) is 5.36. The number of non-ortho nitro benzene ring substituents is 1. The van der Waals surface area contributed by atoms with Crippen LogP contribution in [0.5, 0.6) is 0 Å². The van der Waals surface area contributed by atoms with Crippen LogP contribution in [0.2, 0.25) is 0 Å². The molecule has 6 nitrogen and oxygen atoms in total. The number of carbonyl (C=O) groups is 1. The van der Waals surface area contributed by atoms with E-state index in [1.54, 1.807) is 13.0 Å². The molecule has 0 aromatic heterocycles. The zero-order valence-electron chi connectivity index (χ0n) is 11.7. The highest BCUT2D eigenvalue weighted by Gasteiger charge is 2.09. The summed E-state index contributed by atoms with van der Waals surface area (Å²) < 4.78 is 0. The number of nitro benzene ring substituents is 1. The van der Waals surface area contributed by atoms with Crippen LogP contribution in [0.1, 0.15) is 37.7 Å². The van der Waals surface area contributed by atoms with Gasteiger partial charge in [-0.05, 0) is 37.9 Å². The Balaban J connectivity index is 2.44. The van der Waals surface area contributed by atoms with Crippen LogP contribution in [-0.2, 0) is 4.79 Å². The van der Waals surface area contributed by atoms with Crippen molar-refractivity contribution in [3.63, 3.8) is 0 Å². The number of amides is 1. The van der Waals surface area contributed by atoms with E-state index in [4.69, 9.17) is 5.73 Å². The van der Waals surface area contributed by atoms with Crippen molar-refractivity contribution in [1.82, 2.24) is 0 Å². The van der Waals surface area contributed by atoms with E-state index in [2.05, 4.69) is 5.32 Å². The highest BCUT2D eigenvalue weighted by molar-refractivity contribution is 5.91. The first-order chi connectivity index (χ1) is 9.54. The second-order valence-corrected chi connectivity index (χ2v) is 4.76. The Kier molecular flexibility index (Phi) is 6.66. The summed E-state index contributed by atoms with van der Waals surface area (Å²) in [7, 11) is 0. The molecule has 3 N–H and O–H groups in total. The van der Waals surface area contributed by atoms with Crippen molar-refractivity contribution in [1.29, 1.82) is 0 Å². The number of rotatable bonds is 8. The zero-order chi connectivity index (χ0) is 15.0. The van der Waals surface area contributed by atoms with Crippen LogP contribution in [0.25, 0.3) is 0 Å². The summed E-state index contributed by atoms with van der Waals surface area (Å²) in [6, 6.07) is 4.42. The Morgan fingerprint density at radius 3 is 2.60 bits per heavy atom. The van der Waals surface area contributed by atoms with Gasteiger partial charge in [-0.25, -0.2) is 0 Å². The first-order valence-corrected chi connectivity index (χ1v) is 6.79. The fourth-order valence-electron chi connectivity index (χ4n) is 1.90. The topological polar surface area (TPSA) is 98.3 Å². The normalized spacial score (nSPS) is 10.3. The van der Waals surface area contributed by atoms with E-state index >= 15 is 0 Å². The minimum Gasteiger partial charge on any atom is -0.330 e. The number of anilines is 1. The number of aryl methyl sites for hydroxylation is 1. The van der Waals surface area contributed by atoms with E-state index in [0.29, 0.717) is 24.2 Å². The lowest BCUT2D eigenvalue weighted by Crippen LogP contribution is -2.12. The lowest BCUT2D eigenvalue weighted by atomic mass is 10.1. The Labute approximate surface area is 118 Å². The summed E-state index contributed by atoms with van der Waals surface area (Å²) in [6.07, 6.45) is 4.31. The lowest BCUT2D eigenvalue weighted by molar-refractivity contribution is -0.384. The second kappa shape index (κ2) is 8.27. The highest BCUT2D eigenvalue weighted by atomic mass is 16.6. The summed E-state index contributed by atoms with van der Waals surface area (Å²) in [4.78, 5) is 21.9. The van der Waals surface area contributed by atoms with Gasteiger partial charge >= 0.3 is 0 Å². The van der Waals surface area contributed by atoms with E-state index in [0.717, 1.165) is 25.7 Å². The van der Waals surface area contributed by atoms with Crippen molar-refractivity contribution in [2.24, 2.45) is 5.73 Å². The third-order valence-electron chi connectivity index (χ3n) is 3.05. The standard InChI is InChI=1S/C14H21N3O3/c1-11-10-12(17(19)20)7-8-13(11)16-14(18)6-4-2-3-5-9-15/h7-8,10H,2-6,9,15H2,1H3,(H,16,18). The van der Waals surface area contributed by atoms with Crippen molar-refractivity contribution in [3.8, 4) is 0 Å². The molecule has 1 rings (SSSR count). The molecule has 0 heterocycles. The van der Waals surface area contributed by atoms with Gasteiger partial charge in [-0.15, -0.1) is 0 Å². The third-order valence-corrected chi connectivity index (χ3v) is 3.05. The molecule has 1 amide bonds. The molecule has 0 saturated carbocycles. The molecule has 1 aromatic rings. The summed E-state index contributed by atoms with van der Waals surface area (Å²) >= 11 is 0. The van der Waals surface area contributed by atoms with Crippen LogP contribution in [0.15, 0.2) is 18.2 Å². The quantitative estimate of drug-likeness (QED) is 0.434. The van der Waals surface area contributed by atoms with E-state index in [1.165, 1.54) is 12.1 Å². The summed E-state index contributed by atoms with van der Waals surface area (Å²) in [5, 5.41) is 13.4. The number of nitrogens with two attached hydrogens (primary N) is 1. The minimum atomic E-state index is -0.448. The number of nitrogens with zero attached hydrogens (tertiary/aromatic N) is 1. The predicted octanol–water partition coefficient (Wildman–Crippen LogP) is 2.75. The van der Waals surface area contributed by atoms with Gasteiger partial charge in [-0.3, -0.25) is 14.9 Å². The molecule has 0 radical (unpaired) electrons. The number of benzene rings is 1. The van der Waals surface area contributed by atoms with E-state index in [9.17, 15) is 14.9 Å². The zero-order valence-corrected chi connectivity index (χ0v) is 11.7. The molecular weight excluding hydrogens is 258 g/mol. The van der Waals surface area contributed by atoms with Crippen molar-refractivity contribution < 1.29 is 9.72 Å². The Hall–Kier alpha value is -1.95. The largest absolute Gasteiger partial charge is 0.330 e. The van der Waals surface area contributed by atoms with Gasteiger partial charge in [0, 0.05) is 24.2 Å². The fourth-order valence-corrected chi connectivity index (χ4v) is 1.90. The molecule has 110 valence electrons. The Morgan fingerprint density at radius 2 is 2.00 bits per heavy atom. The van der Waals surface area contributed by atoms with Crippen molar-refractivity contribution >= 4 is 17.3 Å². The lowest BCUT2D eigenvalue weighted by Gasteiger charge is -2.08. The molecule has 0 spiro atoms. The molecule has 0 atom stereocenters. The van der Waals surface area contributed by atoms with Gasteiger partial charge < -0.3 is 11.1 Å². The number of nitrogens with one attached hydrogen (secondary N) is 1. The molecular formula is C14H21N3O3. The van der Waals surface area contributed by atoms with Gasteiger partial charge in [0.1, 0.15) is 0 Å². The van der Waals surface area contributed by atoms with Gasteiger partial charge in [-0.1, -0.05) is 12.8 Å². The molecule has 0 aliphatic rings. The van der Waals surface area contributed by atoms with Gasteiger partial charge in [0.15, 0.2) is 0 Å². The first kappa shape index (κ1) is 16.1. The average Bonchev–Trinajstić information content (AvgIpc) is 2.40. The maximum Gasteiger partial charge on any atom is 0.269 e. The van der Waals surface area contributed by atoms with Gasteiger partial charge in [0.05, 0.1) is 4.92 Å². The molecule has 0 aliphatic carbocycles. The van der Waals surface area contributed by atoms with Crippen molar-refractivity contribution in [3.05, 3.63) is 33.9 Å². The predicted molar refractivity (Wildman–Crippen MR) is 78.6 cm³/mol. The van der Waals surface area contributed by atoms with Crippen LogP contribution in [0, 0.1) is 17.0 Å².